The van der Waals surface area contributed by atoms with Crippen LogP contribution in [-0.4, -0.2) is 20.1 Å². The van der Waals surface area contributed by atoms with E-state index in [0.29, 0.717) is 5.56 Å². The molecule has 0 unspecified atom stereocenters. The lowest BCUT2D eigenvalue weighted by Gasteiger charge is -2.25. The van der Waals surface area contributed by atoms with E-state index >= 15 is 0 Å². The number of carbonyl (C=O) groups excluding carboxylic acids is 1. The van der Waals surface area contributed by atoms with Crippen molar-refractivity contribution in [2.75, 3.05) is 23.9 Å². The maximum atomic E-state index is 12.4. The van der Waals surface area contributed by atoms with Crippen LogP contribution >= 0.6 is 0 Å². The average molecular weight is 265 g/mol. The van der Waals surface area contributed by atoms with Crippen LogP contribution in [0, 0.1) is 11.3 Å². The summed E-state index contributed by atoms with van der Waals surface area (Å²) in [6, 6.07) is 18.3. The van der Waals surface area contributed by atoms with Crippen molar-refractivity contribution >= 4 is 17.4 Å². The Morgan fingerprint density at radius 1 is 0.900 bits per heavy atom. The summed E-state index contributed by atoms with van der Waals surface area (Å²) in [4.78, 5) is 15.5. The molecule has 4 heteroatoms. The highest BCUT2D eigenvalue weighted by Crippen LogP contribution is 2.18. The molecule has 0 aliphatic heterocycles. The Hall–Kier alpha value is -2.80. The summed E-state index contributed by atoms with van der Waals surface area (Å²) < 4.78 is 0. The van der Waals surface area contributed by atoms with Gasteiger partial charge in [0.2, 0.25) is 0 Å². The molecule has 0 saturated heterocycles. The smallest absolute Gasteiger partial charge is 0.297 e. The molecule has 2 aromatic rings. The van der Waals surface area contributed by atoms with E-state index in [-0.39, 0.29) is 6.03 Å². The monoisotopic (exact) mass is 265 g/mol. The Bertz CT molecular complexity index is 629. The van der Waals surface area contributed by atoms with Crippen LogP contribution in [0.5, 0.6) is 0 Å². The number of nitrogens with zero attached hydrogens (tertiary/aromatic N) is 3. The third kappa shape index (κ3) is 2.78. The van der Waals surface area contributed by atoms with Crippen molar-refractivity contribution in [1.82, 2.24) is 0 Å². The fourth-order valence-electron chi connectivity index (χ4n) is 1.86. The highest BCUT2D eigenvalue weighted by molar-refractivity contribution is 6.02. The van der Waals surface area contributed by atoms with Gasteiger partial charge in [-0.2, -0.15) is 5.26 Å². The van der Waals surface area contributed by atoms with Crippen molar-refractivity contribution in [2.24, 2.45) is 0 Å². The van der Waals surface area contributed by atoms with Gasteiger partial charge in [0.25, 0.3) is 0 Å². The Kier molecular flexibility index (Phi) is 4.02. The molecular formula is C16H15N3O. The molecule has 2 aromatic carbocycles. The first-order chi connectivity index (χ1) is 9.63. The maximum Gasteiger partial charge on any atom is 0.328 e. The molecule has 0 radical (unpaired) electrons. The third-order valence-electron chi connectivity index (χ3n) is 3.10. The number of benzene rings is 2. The van der Waals surface area contributed by atoms with Gasteiger partial charge in [0.15, 0.2) is 0 Å². The summed E-state index contributed by atoms with van der Waals surface area (Å²) in [6.07, 6.45) is 0. The van der Waals surface area contributed by atoms with Gasteiger partial charge in [0.05, 0.1) is 11.6 Å². The number of hydrogen-bond donors (Lipinski definition) is 0. The molecule has 100 valence electrons. The number of urea groups is 1. The van der Waals surface area contributed by atoms with Crippen LogP contribution in [0.3, 0.4) is 0 Å². The van der Waals surface area contributed by atoms with E-state index < -0.39 is 0 Å². The Morgan fingerprint density at radius 2 is 1.40 bits per heavy atom. The first-order valence-corrected chi connectivity index (χ1v) is 6.20. The molecule has 0 bridgehead atoms. The third-order valence-corrected chi connectivity index (χ3v) is 3.10. The highest BCUT2D eigenvalue weighted by Gasteiger charge is 2.16. The van der Waals surface area contributed by atoms with E-state index in [1.54, 1.807) is 48.2 Å². The molecule has 0 atom stereocenters. The molecule has 2 rings (SSSR count). The van der Waals surface area contributed by atoms with Crippen LogP contribution in [0.15, 0.2) is 54.6 Å². The van der Waals surface area contributed by atoms with Crippen molar-refractivity contribution in [3.8, 4) is 6.07 Å². The first-order valence-electron chi connectivity index (χ1n) is 6.20. The Balaban J connectivity index is 2.18. The van der Waals surface area contributed by atoms with Gasteiger partial charge in [-0.1, -0.05) is 18.2 Å². The van der Waals surface area contributed by atoms with Gasteiger partial charge in [-0.15, -0.1) is 0 Å². The molecule has 0 aliphatic carbocycles. The van der Waals surface area contributed by atoms with Gasteiger partial charge >= 0.3 is 6.03 Å². The molecule has 4 nitrogen and oxygen atoms in total. The van der Waals surface area contributed by atoms with Crippen molar-refractivity contribution in [2.45, 2.75) is 0 Å². The quantitative estimate of drug-likeness (QED) is 0.836. The SMILES string of the molecule is CN(C(=O)N(C)c1ccc(C#N)cc1)c1ccccc1. The second-order valence-corrected chi connectivity index (χ2v) is 4.39. The summed E-state index contributed by atoms with van der Waals surface area (Å²) in [7, 11) is 3.45. The molecule has 0 saturated carbocycles. The van der Waals surface area contributed by atoms with E-state index in [9.17, 15) is 4.79 Å². The molecule has 0 heterocycles. The lowest BCUT2D eigenvalue weighted by atomic mass is 10.2. The zero-order valence-corrected chi connectivity index (χ0v) is 11.4. The minimum absolute atomic E-state index is 0.138. The number of rotatable bonds is 2. The van der Waals surface area contributed by atoms with Gasteiger partial charge in [-0.05, 0) is 36.4 Å². The number of para-hydroxylation sites is 1. The molecule has 20 heavy (non-hydrogen) atoms. The van der Waals surface area contributed by atoms with E-state index in [1.165, 1.54) is 0 Å². The molecule has 0 aromatic heterocycles. The van der Waals surface area contributed by atoms with E-state index in [1.807, 2.05) is 30.3 Å². The van der Waals surface area contributed by atoms with Gasteiger partial charge in [-0.3, -0.25) is 9.80 Å². The van der Waals surface area contributed by atoms with Crippen LogP contribution in [0.4, 0.5) is 16.2 Å². The number of amides is 2. The summed E-state index contributed by atoms with van der Waals surface area (Å²) in [5, 5.41) is 8.77. The minimum atomic E-state index is -0.138. The highest BCUT2D eigenvalue weighted by atomic mass is 16.2. The normalized spacial score (nSPS) is 9.65. The molecule has 0 spiro atoms. The molecule has 0 aliphatic rings. The minimum Gasteiger partial charge on any atom is -0.297 e. The maximum absolute atomic E-state index is 12.4. The molecule has 0 fully saturated rings. The van der Waals surface area contributed by atoms with E-state index in [4.69, 9.17) is 5.26 Å². The van der Waals surface area contributed by atoms with Crippen molar-refractivity contribution < 1.29 is 4.79 Å². The number of hydrogen-bond acceptors (Lipinski definition) is 2. The lowest BCUT2D eigenvalue weighted by Crippen LogP contribution is -2.38. The number of anilines is 2. The Morgan fingerprint density at radius 3 is 1.90 bits per heavy atom. The topological polar surface area (TPSA) is 47.3 Å². The standard InChI is InChI=1S/C16H15N3O/c1-18(14-6-4-3-5-7-14)16(20)19(2)15-10-8-13(12-17)9-11-15/h3-11H,1-2H3. The number of carbonyl (C=O) groups is 1. The summed E-state index contributed by atoms with van der Waals surface area (Å²) in [5.41, 5.74) is 2.15. The zero-order valence-electron chi connectivity index (χ0n) is 11.4. The second kappa shape index (κ2) is 5.89. The van der Waals surface area contributed by atoms with Gasteiger partial charge in [0.1, 0.15) is 0 Å². The lowest BCUT2D eigenvalue weighted by molar-refractivity contribution is 0.253. The van der Waals surface area contributed by atoms with Gasteiger partial charge in [0, 0.05) is 25.5 Å². The van der Waals surface area contributed by atoms with Crippen LogP contribution in [0.25, 0.3) is 0 Å². The van der Waals surface area contributed by atoms with E-state index in [0.717, 1.165) is 11.4 Å². The predicted molar refractivity (Wildman–Crippen MR) is 79.8 cm³/mol. The molecule has 0 N–H and O–H groups in total. The fourth-order valence-corrected chi connectivity index (χ4v) is 1.86. The van der Waals surface area contributed by atoms with Crippen LogP contribution in [-0.2, 0) is 0 Å². The average Bonchev–Trinajstić information content (AvgIpc) is 2.53. The van der Waals surface area contributed by atoms with Crippen molar-refractivity contribution in [3.63, 3.8) is 0 Å². The van der Waals surface area contributed by atoms with Crippen LogP contribution in [0.2, 0.25) is 0 Å². The molecular weight excluding hydrogens is 250 g/mol. The molecule has 2 amide bonds. The Labute approximate surface area is 118 Å². The summed E-state index contributed by atoms with van der Waals surface area (Å²) in [5.74, 6) is 0. The number of nitriles is 1. The predicted octanol–water partition coefficient (Wildman–Crippen LogP) is 3.25. The van der Waals surface area contributed by atoms with E-state index in [2.05, 4.69) is 6.07 Å². The van der Waals surface area contributed by atoms with Crippen LogP contribution < -0.4 is 9.80 Å². The summed E-state index contributed by atoms with van der Waals surface area (Å²) in [6.45, 7) is 0. The van der Waals surface area contributed by atoms with Crippen LogP contribution in [0.1, 0.15) is 5.56 Å². The zero-order chi connectivity index (χ0) is 14.5. The summed E-state index contributed by atoms with van der Waals surface area (Å²) >= 11 is 0. The van der Waals surface area contributed by atoms with Crippen molar-refractivity contribution in [1.29, 1.82) is 5.26 Å². The van der Waals surface area contributed by atoms with Gasteiger partial charge < -0.3 is 0 Å². The fraction of sp³-hybridized carbons (Fsp3) is 0.125. The van der Waals surface area contributed by atoms with Crippen molar-refractivity contribution in [3.05, 3.63) is 60.2 Å². The van der Waals surface area contributed by atoms with Gasteiger partial charge in [-0.25, -0.2) is 4.79 Å². The largest absolute Gasteiger partial charge is 0.328 e. The first kappa shape index (κ1) is 13.6. The second-order valence-electron chi connectivity index (χ2n) is 4.39.